The number of nitrogens with one attached hydrogen (secondary N) is 1. The number of aromatic nitrogens is 3. The van der Waals surface area contributed by atoms with Crippen LogP contribution in [0.25, 0.3) is 16.8 Å². The SMILES string of the molecule is COc1cccc(NC(=O)CSc2nccn3nc(-c4ccc(C)cc4)cc23)c1. The van der Waals surface area contributed by atoms with Gasteiger partial charge in [-0.15, -0.1) is 0 Å². The van der Waals surface area contributed by atoms with Crippen LogP contribution in [0.15, 0.2) is 72.0 Å². The molecule has 4 rings (SSSR count). The van der Waals surface area contributed by atoms with Crippen molar-refractivity contribution in [1.82, 2.24) is 14.6 Å². The average molecular weight is 404 g/mol. The van der Waals surface area contributed by atoms with E-state index in [0.717, 1.165) is 21.8 Å². The van der Waals surface area contributed by atoms with Crippen molar-refractivity contribution in [3.63, 3.8) is 0 Å². The van der Waals surface area contributed by atoms with E-state index in [1.807, 2.05) is 30.5 Å². The second-order valence-electron chi connectivity index (χ2n) is 6.53. The summed E-state index contributed by atoms with van der Waals surface area (Å²) in [5.41, 5.74) is 4.71. The maximum absolute atomic E-state index is 12.4. The molecule has 0 saturated carbocycles. The number of nitrogens with zero attached hydrogens (tertiary/aromatic N) is 3. The molecule has 1 N–H and O–H groups in total. The Hall–Kier alpha value is -3.32. The lowest BCUT2D eigenvalue weighted by Crippen LogP contribution is -2.14. The topological polar surface area (TPSA) is 68.5 Å². The zero-order chi connectivity index (χ0) is 20.2. The van der Waals surface area contributed by atoms with Gasteiger partial charge >= 0.3 is 0 Å². The molecule has 0 radical (unpaired) electrons. The zero-order valence-electron chi connectivity index (χ0n) is 16.1. The molecule has 146 valence electrons. The summed E-state index contributed by atoms with van der Waals surface area (Å²) in [4.78, 5) is 16.8. The summed E-state index contributed by atoms with van der Waals surface area (Å²) >= 11 is 1.38. The van der Waals surface area contributed by atoms with Crippen LogP contribution in [0.3, 0.4) is 0 Å². The number of thioether (sulfide) groups is 1. The average Bonchev–Trinajstić information content (AvgIpc) is 3.18. The van der Waals surface area contributed by atoms with Crippen molar-refractivity contribution >= 4 is 28.9 Å². The highest BCUT2D eigenvalue weighted by atomic mass is 32.2. The van der Waals surface area contributed by atoms with Gasteiger partial charge in [0.15, 0.2) is 0 Å². The van der Waals surface area contributed by atoms with Crippen molar-refractivity contribution in [1.29, 1.82) is 0 Å². The van der Waals surface area contributed by atoms with E-state index < -0.39 is 0 Å². The molecule has 0 atom stereocenters. The Morgan fingerprint density at radius 3 is 2.79 bits per heavy atom. The molecule has 0 aliphatic rings. The minimum Gasteiger partial charge on any atom is -0.497 e. The Labute approximate surface area is 172 Å². The van der Waals surface area contributed by atoms with Gasteiger partial charge in [0.05, 0.1) is 24.1 Å². The normalized spacial score (nSPS) is 10.8. The Balaban J connectivity index is 1.49. The van der Waals surface area contributed by atoms with E-state index in [9.17, 15) is 4.79 Å². The molecule has 0 saturated heterocycles. The standard InChI is InChI=1S/C22H20N4O2S/c1-15-6-8-16(9-7-15)19-13-20-22(23-10-11-26(20)25-19)29-14-21(27)24-17-4-3-5-18(12-17)28-2/h3-13H,14H2,1-2H3,(H,24,27). The molecule has 2 aromatic carbocycles. The second kappa shape index (κ2) is 8.36. The van der Waals surface area contributed by atoms with E-state index >= 15 is 0 Å². The minimum atomic E-state index is -0.106. The van der Waals surface area contributed by atoms with E-state index in [0.29, 0.717) is 11.4 Å². The van der Waals surface area contributed by atoms with Crippen molar-refractivity contribution in [2.45, 2.75) is 11.9 Å². The van der Waals surface area contributed by atoms with Gasteiger partial charge in [-0.25, -0.2) is 9.50 Å². The molecule has 1 amide bonds. The fourth-order valence-corrected chi connectivity index (χ4v) is 3.68. The third-order valence-electron chi connectivity index (χ3n) is 4.40. The lowest BCUT2D eigenvalue weighted by Gasteiger charge is -2.07. The number of amides is 1. The largest absolute Gasteiger partial charge is 0.497 e. The lowest BCUT2D eigenvalue weighted by molar-refractivity contribution is -0.113. The molecule has 2 heterocycles. The summed E-state index contributed by atoms with van der Waals surface area (Å²) in [6.07, 6.45) is 3.51. The van der Waals surface area contributed by atoms with Crippen LogP contribution in [0.5, 0.6) is 5.75 Å². The molecule has 0 fully saturated rings. The minimum absolute atomic E-state index is 0.106. The number of methoxy groups -OCH3 is 1. The first kappa shape index (κ1) is 19.0. The Morgan fingerprint density at radius 2 is 2.00 bits per heavy atom. The first-order chi connectivity index (χ1) is 14.1. The quantitative estimate of drug-likeness (QED) is 0.481. The number of ether oxygens (including phenoxy) is 1. The number of benzene rings is 2. The smallest absolute Gasteiger partial charge is 0.234 e. The van der Waals surface area contributed by atoms with Crippen molar-refractivity contribution in [2.75, 3.05) is 18.2 Å². The number of carbonyl (C=O) groups excluding carboxylic acids is 1. The van der Waals surface area contributed by atoms with Crippen LogP contribution >= 0.6 is 11.8 Å². The highest BCUT2D eigenvalue weighted by Crippen LogP contribution is 2.26. The number of aryl methyl sites for hydroxylation is 1. The predicted octanol–water partition coefficient (Wildman–Crippen LogP) is 4.44. The van der Waals surface area contributed by atoms with Gasteiger partial charge < -0.3 is 10.1 Å². The first-order valence-electron chi connectivity index (χ1n) is 9.10. The molecule has 6 nitrogen and oxygen atoms in total. The maximum atomic E-state index is 12.4. The summed E-state index contributed by atoms with van der Waals surface area (Å²) in [6, 6.07) is 17.5. The molecular formula is C22H20N4O2S. The summed E-state index contributed by atoms with van der Waals surface area (Å²) in [7, 11) is 1.60. The molecule has 0 aliphatic carbocycles. The van der Waals surface area contributed by atoms with Gasteiger partial charge in [-0.2, -0.15) is 5.10 Å². The number of carbonyl (C=O) groups is 1. The van der Waals surface area contributed by atoms with Gasteiger partial charge in [0, 0.05) is 29.7 Å². The fraction of sp³-hybridized carbons (Fsp3) is 0.136. The molecule has 0 spiro atoms. The number of hydrogen-bond donors (Lipinski definition) is 1. The fourth-order valence-electron chi connectivity index (χ4n) is 2.91. The second-order valence-corrected chi connectivity index (χ2v) is 7.49. The van der Waals surface area contributed by atoms with Gasteiger partial charge in [-0.05, 0) is 25.1 Å². The summed E-state index contributed by atoms with van der Waals surface area (Å²) in [5, 5.41) is 8.28. The molecule has 29 heavy (non-hydrogen) atoms. The number of rotatable bonds is 6. The van der Waals surface area contributed by atoms with Gasteiger partial charge in [0.2, 0.25) is 5.91 Å². The number of hydrogen-bond acceptors (Lipinski definition) is 5. The molecule has 2 aromatic heterocycles. The molecule has 0 bridgehead atoms. The monoisotopic (exact) mass is 404 g/mol. The van der Waals surface area contributed by atoms with E-state index in [2.05, 4.69) is 46.6 Å². The van der Waals surface area contributed by atoms with Gasteiger partial charge in [-0.3, -0.25) is 4.79 Å². The van der Waals surface area contributed by atoms with Crippen LogP contribution in [0.4, 0.5) is 5.69 Å². The van der Waals surface area contributed by atoms with Crippen LogP contribution in [0, 0.1) is 6.92 Å². The molecule has 4 aromatic rings. The van der Waals surface area contributed by atoms with Crippen LogP contribution in [-0.2, 0) is 4.79 Å². The van der Waals surface area contributed by atoms with Crippen molar-refractivity contribution in [2.24, 2.45) is 0 Å². The van der Waals surface area contributed by atoms with E-state index in [1.165, 1.54) is 17.3 Å². The van der Waals surface area contributed by atoms with Crippen molar-refractivity contribution in [3.8, 4) is 17.0 Å². The highest BCUT2D eigenvalue weighted by Gasteiger charge is 2.12. The van der Waals surface area contributed by atoms with Crippen molar-refractivity contribution in [3.05, 3.63) is 72.6 Å². The van der Waals surface area contributed by atoms with Gasteiger partial charge in [0.1, 0.15) is 10.8 Å². The zero-order valence-corrected chi connectivity index (χ0v) is 16.9. The summed E-state index contributed by atoms with van der Waals surface area (Å²) in [6.45, 7) is 2.06. The first-order valence-corrected chi connectivity index (χ1v) is 10.1. The summed E-state index contributed by atoms with van der Waals surface area (Å²) in [5.74, 6) is 0.838. The van der Waals surface area contributed by atoms with Crippen molar-refractivity contribution < 1.29 is 9.53 Å². The number of fused-ring (bicyclic) bond motifs is 1. The van der Waals surface area contributed by atoms with Gasteiger partial charge in [-0.1, -0.05) is 47.7 Å². The molecule has 0 unspecified atom stereocenters. The van der Waals surface area contributed by atoms with E-state index in [-0.39, 0.29) is 11.7 Å². The Morgan fingerprint density at radius 1 is 1.17 bits per heavy atom. The third kappa shape index (κ3) is 4.41. The number of anilines is 1. The van der Waals surface area contributed by atoms with E-state index in [1.54, 1.807) is 23.9 Å². The lowest BCUT2D eigenvalue weighted by atomic mass is 10.1. The molecular weight excluding hydrogens is 384 g/mol. The molecule has 7 heteroatoms. The van der Waals surface area contributed by atoms with Crippen LogP contribution in [0.1, 0.15) is 5.56 Å². The van der Waals surface area contributed by atoms with Crippen LogP contribution in [-0.4, -0.2) is 33.4 Å². The molecule has 0 aliphatic heterocycles. The highest BCUT2D eigenvalue weighted by molar-refractivity contribution is 8.00. The van der Waals surface area contributed by atoms with Crippen LogP contribution < -0.4 is 10.1 Å². The van der Waals surface area contributed by atoms with Crippen LogP contribution in [0.2, 0.25) is 0 Å². The van der Waals surface area contributed by atoms with Gasteiger partial charge in [0.25, 0.3) is 0 Å². The van der Waals surface area contributed by atoms with E-state index in [4.69, 9.17) is 4.74 Å². The Bertz CT molecular complexity index is 1160. The Kier molecular flexibility index (Phi) is 5.48. The summed E-state index contributed by atoms with van der Waals surface area (Å²) < 4.78 is 6.98. The third-order valence-corrected chi connectivity index (χ3v) is 5.39. The maximum Gasteiger partial charge on any atom is 0.234 e. The predicted molar refractivity (Wildman–Crippen MR) is 116 cm³/mol.